The molecule has 232 valence electrons. The number of rotatable bonds is 13. The largest absolute Gasteiger partial charge is 0.385 e. The van der Waals surface area contributed by atoms with Crippen LogP contribution in [0.5, 0.6) is 0 Å². The van der Waals surface area contributed by atoms with Crippen LogP contribution in [0.4, 0.5) is 0 Å². The average molecular weight is 589 g/mol. The molecule has 0 amide bonds. The third-order valence-electron chi connectivity index (χ3n) is 8.85. The number of ether oxygens (including phenoxy) is 5. The molecule has 3 aromatic rings. The number of aliphatic hydroxyl groups is 1. The van der Waals surface area contributed by atoms with Crippen LogP contribution in [0.1, 0.15) is 56.7 Å². The molecule has 1 N–H and O–H groups in total. The number of benzene rings is 3. The van der Waals surface area contributed by atoms with Crippen molar-refractivity contribution in [1.82, 2.24) is 0 Å². The SMILES string of the molecule is CC(C)[C@@H]1CC[C@@H](C)C[C@H]1O[C@@H]1O[C@H](COCc2ccccc2)[C@@H](OCc2ccccc2)[C@H](OCc2ccccc2)[C@H]1O. The van der Waals surface area contributed by atoms with Crippen LogP contribution < -0.4 is 0 Å². The van der Waals surface area contributed by atoms with Gasteiger partial charge in [0.1, 0.15) is 24.4 Å². The maximum atomic E-state index is 11.8. The second-order valence-corrected chi connectivity index (χ2v) is 12.6. The summed E-state index contributed by atoms with van der Waals surface area (Å²) in [6.07, 6.45) is -0.344. The summed E-state index contributed by atoms with van der Waals surface area (Å²) in [5, 5.41) is 11.8. The van der Waals surface area contributed by atoms with Gasteiger partial charge in [0, 0.05) is 0 Å². The van der Waals surface area contributed by atoms with Gasteiger partial charge in [-0.25, -0.2) is 0 Å². The van der Waals surface area contributed by atoms with Gasteiger partial charge >= 0.3 is 0 Å². The Morgan fingerprint density at radius 1 is 0.744 bits per heavy atom. The number of hydrogen-bond donors (Lipinski definition) is 1. The molecule has 1 heterocycles. The van der Waals surface area contributed by atoms with Gasteiger partial charge in [-0.1, -0.05) is 118 Å². The first kappa shape index (κ1) is 31.8. The maximum Gasteiger partial charge on any atom is 0.186 e. The number of hydrogen-bond acceptors (Lipinski definition) is 6. The second-order valence-electron chi connectivity index (χ2n) is 12.6. The van der Waals surface area contributed by atoms with Crippen LogP contribution in [0.3, 0.4) is 0 Å². The first-order valence-electron chi connectivity index (χ1n) is 15.9. The smallest absolute Gasteiger partial charge is 0.186 e. The molecule has 1 saturated carbocycles. The lowest BCUT2D eigenvalue weighted by Gasteiger charge is -2.47. The van der Waals surface area contributed by atoms with Gasteiger partial charge < -0.3 is 28.8 Å². The van der Waals surface area contributed by atoms with Gasteiger partial charge in [-0.15, -0.1) is 0 Å². The fourth-order valence-corrected chi connectivity index (χ4v) is 6.38. The van der Waals surface area contributed by atoms with Gasteiger partial charge in [-0.2, -0.15) is 0 Å². The zero-order valence-electron chi connectivity index (χ0n) is 25.8. The van der Waals surface area contributed by atoms with Crippen molar-refractivity contribution < 1.29 is 28.8 Å². The van der Waals surface area contributed by atoms with Gasteiger partial charge in [0.25, 0.3) is 0 Å². The van der Waals surface area contributed by atoms with Crippen LogP contribution in [0.25, 0.3) is 0 Å². The highest BCUT2D eigenvalue weighted by atomic mass is 16.7. The van der Waals surface area contributed by atoms with Crippen molar-refractivity contribution in [2.75, 3.05) is 6.61 Å². The Morgan fingerprint density at radius 2 is 1.28 bits per heavy atom. The standard InChI is InChI=1S/C37H48O6/c1-26(2)31-20-19-27(3)21-32(31)42-37-34(38)36(41-24-30-17-11-6-12-18-30)35(40-23-29-15-9-5-10-16-29)33(43-37)25-39-22-28-13-7-4-8-14-28/h4-18,26-27,31-38H,19-25H2,1-3H3/t27-,31+,32-,33-,34-,35-,36-,37-/m1/s1. The predicted molar refractivity (Wildman–Crippen MR) is 167 cm³/mol. The van der Waals surface area contributed by atoms with E-state index in [0.29, 0.717) is 37.6 Å². The van der Waals surface area contributed by atoms with E-state index in [2.05, 4.69) is 20.8 Å². The highest BCUT2D eigenvalue weighted by Crippen LogP contribution is 2.38. The molecule has 2 fully saturated rings. The topological polar surface area (TPSA) is 66.4 Å². The summed E-state index contributed by atoms with van der Waals surface area (Å²) in [5.41, 5.74) is 3.15. The summed E-state index contributed by atoms with van der Waals surface area (Å²) in [6, 6.07) is 30.2. The quantitative estimate of drug-likeness (QED) is 0.233. The summed E-state index contributed by atoms with van der Waals surface area (Å²) in [4.78, 5) is 0. The zero-order chi connectivity index (χ0) is 30.0. The monoisotopic (exact) mass is 588 g/mol. The molecule has 6 nitrogen and oxygen atoms in total. The molecular formula is C37H48O6. The van der Waals surface area contributed by atoms with Gasteiger partial charge in [0.15, 0.2) is 6.29 Å². The Hall–Kier alpha value is -2.58. The minimum Gasteiger partial charge on any atom is -0.385 e. The number of aliphatic hydroxyl groups excluding tert-OH is 1. The molecular weight excluding hydrogens is 540 g/mol. The summed E-state index contributed by atoms with van der Waals surface area (Å²) in [6.45, 7) is 8.23. The third-order valence-corrected chi connectivity index (χ3v) is 8.85. The predicted octanol–water partition coefficient (Wildman–Crippen LogP) is 6.94. The molecule has 0 unspecified atom stereocenters. The normalized spacial score (nSPS) is 29.5. The van der Waals surface area contributed by atoms with Crippen LogP contribution in [0.2, 0.25) is 0 Å². The molecule has 1 aliphatic carbocycles. The molecule has 43 heavy (non-hydrogen) atoms. The molecule has 1 saturated heterocycles. The van der Waals surface area contributed by atoms with Gasteiger partial charge in [0.05, 0.1) is 32.5 Å². The van der Waals surface area contributed by atoms with E-state index in [4.69, 9.17) is 23.7 Å². The van der Waals surface area contributed by atoms with Crippen LogP contribution in [0, 0.1) is 17.8 Å². The molecule has 0 spiro atoms. The molecule has 3 aromatic carbocycles. The first-order valence-corrected chi connectivity index (χ1v) is 15.9. The van der Waals surface area contributed by atoms with Crippen molar-refractivity contribution in [3.8, 4) is 0 Å². The lowest BCUT2D eigenvalue weighted by Crippen LogP contribution is -2.62. The van der Waals surface area contributed by atoms with E-state index in [1.807, 2.05) is 91.0 Å². The molecule has 0 aromatic heterocycles. The van der Waals surface area contributed by atoms with E-state index >= 15 is 0 Å². The lowest BCUT2D eigenvalue weighted by atomic mass is 9.75. The summed E-state index contributed by atoms with van der Waals surface area (Å²) in [5.74, 6) is 1.46. The van der Waals surface area contributed by atoms with E-state index in [1.165, 1.54) is 6.42 Å². The summed E-state index contributed by atoms with van der Waals surface area (Å²) in [7, 11) is 0. The molecule has 8 atom stereocenters. The Labute approximate surface area is 257 Å². The van der Waals surface area contributed by atoms with Crippen molar-refractivity contribution >= 4 is 0 Å². The zero-order valence-corrected chi connectivity index (χ0v) is 25.8. The van der Waals surface area contributed by atoms with Crippen LogP contribution in [0.15, 0.2) is 91.0 Å². The van der Waals surface area contributed by atoms with E-state index < -0.39 is 30.7 Å². The summed E-state index contributed by atoms with van der Waals surface area (Å²) < 4.78 is 32.5. The van der Waals surface area contributed by atoms with Crippen LogP contribution in [-0.2, 0) is 43.5 Å². The van der Waals surface area contributed by atoms with Gasteiger partial charge in [-0.05, 0) is 47.3 Å². The van der Waals surface area contributed by atoms with Gasteiger partial charge in [-0.3, -0.25) is 0 Å². The Balaban J connectivity index is 1.38. The van der Waals surface area contributed by atoms with Crippen molar-refractivity contribution in [2.24, 2.45) is 17.8 Å². The Bertz CT molecular complexity index is 1190. The third kappa shape index (κ3) is 8.98. The molecule has 0 radical (unpaired) electrons. The molecule has 0 bridgehead atoms. The lowest BCUT2D eigenvalue weighted by molar-refractivity contribution is -0.333. The van der Waals surface area contributed by atoms with Crippen molar-refractivity contribution in [2.45, 2.75) is 96.7 Å². The molecule has 6 heteroatoms. The Kier molecular flexibility index (Phi) is 11.8. The minimum atomic E-state index is -1.03. The van der Waals surface area contributed by atoms with Gasteiger partial charge in [0.2, 0.25) is 0 Å². The fourth-order valence-electron chi connectivity index (χ4n) is 6.38. The van der Waals surface area contributed by atoms with E-state index in [-0.39, 0.29) is 12.7 Å². The second kappa shape index (κ2) is 15.9. The van der Waals surface area contributed by atoms with Crippen molar-refractivity contribution in [3.63, 3.8) is 0 Å². The highest BCUT2D eigenvalue weighted by molar-refractivity contribution is 5.15. The van der Waals surface area contributed by atoms with Crippen molar-refractivity contribution in [1.29, 1.82) is 0 Å². The Morgan fingerprint density at radius 3 is 1.84 bits per heavy atom. The fraction of sp³-hybridized carbons (Fsp3) is 0.514. The van der Waals surface area contributed by atoms with Crippen molar-refractivity contribution in [3.05, 3.63) is 108 Å². The average Bonchev–Trinajstić information content (AvgIpc) is 3.02. The highest BCUT2D eigenvalue weighted by Gasteiger charge is 2.49. The molecule has 5 rings (SSSR count). The molecule has 2 aliphatic rings. The van der Waals surface area contributed by atoms with Crippen LogP contribution in [-0.4, -0.2) is 48.5 Å². The molecule has 1 aliphatic heterocycles. The van der Waals surface area contributed by atoms with E-state index in [9.17, 15) is 5.11 Å². The minimum absolute atomic E-state index is 0.00541. The first-order chi connectivity index (χ1) is 21.0. The van der Waals surface area contributed by atoms with E-state index in [0.717, 1.165) is 29.5 Å². The summed E-state index contributed by atoms with van der Waals surface area (Å²) >= 11 is 0. The van der Waals surface area contributed by atoms with Crippen LogP contribution >= 0.6 is 0 Å². The van der Waals surface area contributed by atoms with E-state index in [1.54, 1.807) is 0 Å². The maximum absolute atomic E-state index is 11.8.